The van der Waals surface area contributed by atoms with E-state index in [1.165, 1.54) is 17.8 Å². The molecule has 130 valence electrons. The second kappa shape index (κ2) is 7.23. The van der Waals surface area contributed by atoms with E-state index in [1.54, 1.807) is 0 Å². The number of thiophene rings is 1. The minimum atomic E-state index is -0.286. The molecule has 0 N–H and O–H groups in total. The van der Waals surface area contributed by atoms with Gasteiger partial charge < -0.3 is 9.64 Å². The van der Waals surface area contributed by atoms with E-state index in [0.717, 1.165) is 47.5 Å². The Bertz CT molecular complexity index is 762. The Balaban J connectivity index is 2.06. The van der Waals surface area contributed by atoms with Crippen LogP contribution in [0.4, 0.5) is 5.82 Å². The summed E-state index contributed by atoms with van der Waals surface area (Å²) in [5.74, 6) is 1.18. The molecule has 0 spiro atoms. The SMILES string of the molecule is CCCOC(=O)c1sc2nc(Cl)nc(N3CCCC(C)C3)c2c1C. The van der Waals surface area contributed by atoms with Gasteiger partial charge in [0.2, 0.25) is 5.28 Å². The number of nitrogens with zero attached hydrogens (tertiary/aromatic N) is 3. The van der Waals surface area contributed by atoms with Gasteiger partial charge in [0.1, 0.15) is 15.5 Å². The van der Waals surface area contributed by atoms with Crippen molar-refractivity contribution in [1.29, 1.82) is 0 Å². The summed E-state index contributed by atoms with van der Waals surface area (Å²) in [6, 6.07) is 0. The quantitative estimate of drug-likeness (QED) is 0.590. The standard InChI is InChI=1S/C17H22ClN3O2S/c1-4-8-23-16(22)13-11(3)12-14(19-17(18)20-15(12)24-13)21-7-5-6-10(2)9-21/h10H,4-9H2,1-3H3. The first kappa shape index (κ1) is 17.4. The molecule has 0 aliphatic carbocycles. The van der Waals surface area contributed by atoms with Crippen molar-refractivity contribution < 1.29 is 9.53 Å². The van der Waals surface area contributed by atoms with Crippen molar-refractivity contribution >= 4 is 44.9 Å². The zero-order chi connectivity index (χ0) is 17.3. The first-order chi connectivity index (χ1) is 11.5. The van der Waals surface area contributed by atoms with Crippen LogP contribution in [-0.2, 0) is 4.74 Å². The number of fused-ring (bicyclic) bond motifs is 1. The largest absolute Gasteiger partial charge is 0.462 e. The van der Waals surface area contributed by atoms with E-state index in [1.807, 2.05) is 13.8 Å². The number of halogens is 1. The third kappa shape index (κ3) is 3.35. The minimum absolute atomic E-state index is 0.227. The van der Waals surface area contributed by atoms with Crippen molar-refractivity contribution in [3.63, 3.8) is 0 Å². The molecule has 0 saturated carbocycles. The summed E-state index contributed by atoms with van der Waals surface area (Å²) in [5, 5.41) is 1.16. The summed E-state index contributed by atoms with van der Waals surface area (Å²) in [6.07, 6.45) is 3.17. The molecule has 1 fully saturated rings. The van der Waals surface area contributed by atoms with Crippen LogP contribution in [-0.4, -0.2) is 35.6 Å². The topological polar surface area (TPSA) is 55.3 Å². The molecule has 0 amide bonds. The average Bonchev–Trinajstić information content (AvgIpc) is 2.88. The van der Waals surface area contributed by atoms with Crippen molar-refractivity contribution in [2.45, 2.75) is 40.0 Å². The zero-order valence-corrected chi connectivity index (χ0v) is 15.8. The maximum absolute atomic E-state index is 12.3. The molecule has 1 aliphatic rings. The van der Waals surface area contributed by atoms with Crippen LogP contribution in [0.25, 0.3) is 10.2 Å². The third-order valence-electron chi connectivity index (χ3n) is 4.32. The molecule has 0 bridgehead atoms. The third-order valence-corrected chi connectivity index (χ3v) is 5.66. The van der Waals surface area contributed by atoms with Gasteiger partial charge in [0.05, 0.1) is 12.0 Å². The lowest BCUT2D eigenvalue weighted by molar-refractivity contribution is 0.0510. The predicted molar refractivity (Wildman–Crippen MR) is 98.3 cm³/mol. The maximum Gasteiger partial charge on any atom is 0.348 e. The summed E-state index contributed by atoms with van der Waals surface area (Å²) < 4.78 is 5.30. The number of carbonyl (C=O) groups excluding carboxylic acids is 1. The van der Waals surface area contributed by atoms with E-state index in [9.17, 15) is 4.79 Å². The number of esters is 1. The molecule has 3 rings (SSSR count). The number of aryl methyl sites for hydroxylation is 1. The number of anilines is 1. The highest BCUT2D eigenvalue weighted by Gasteiger charge is 2.25. The molecule has 2 aromatic rings. The van der Waals surface area contributed by atoms with Gasteiger partial charge in [-0.15, -0.1) is 11.3 Å². The Hall–Kier alpha value is -1.40. The lowest BCUT2D eigenvalue weighted by atomic mass is 10.00. The van der Waals surface area contributed by atoms with E-state index >= 15 is 0 Å². The minimum Gasteiger partial charge on any atom is -0.462 e. The molecule has 3 heterocycles. The Labute approximate surface area is 151 Å². The molecule has 2 aromatic heterocycles. The van der Waals surface area contributed by atoms with Gasteiger partial charge >= 0.3 is 5.97 Å². The van der Waals surface area contributed by atoms with Crippen LogP contribution in [0.15, 0.2) is 0 Å². The molecule has 1 saturated heterocycles. The summed E-state index contributed by atoms with van der Waals surface area (Å²) >= 11 is 7.48. The van der Waals surface area contributed by atoms with Crippen molar-refractivity contribution in [2.75, 3.05) is 24.6 Å². The van der Waals surface area contributed by atoms with E-state index < -0.39 is 0 Å². The Morgan fingerprint density at radius 1 is 1.46 bits per heavy atom. The van der Waals surface area contributed by atoms with E-state index in [-0.39, 0.29) is 11.3 Å². The Morgan fingerprint density at radius 3 is 2.96 bits per heavy atom. The van der Waals surface area contributed by atoms with Crippen LogP contribution < -0.4 is 4.90 Å². The van der Waals surface area contributed by atoms with Crippen LogP contribution in [0.1, 0.15) is 48.3 Å². The maximum atomic E-state index is 12.3. The molecule has 1 atom stereocenters. The molecule has 7 heteroatoms. The molecule has 1 aliphatic heterocycles. The molecule has 1 unspecified atom stereocenters. The van der Waals surface area contributed by atoms with Crippen molar-refractivity contribution in [2.24, 2.45) is 5.92 Å². The smallest absolute Gasteiger partial charge is 0.348 e. The van der Waals surface area contributed by atoms with Gasteiger partial charge in [-0.1, -0.05) is 13.8 Å². The number of hydrogen-bond donors (Lipinski definition) is 0. The van der Waals surface area contributed by atoms with Crippen molar-refractivity contribution in [1.82, 2.24) is 9.97 Å². The van der Waals surface area contributed by atoms with Crippen molar-refractivity contribution in [3.05, 3.63) is 15.7 Å². The summed E-state index contributed by atoms with van der Waals surface area (Å²) in [4.78, 5) is 24.8. The number of rotatable bonds is 4. The van der Waals surface area contributed by atoms with Gasteiger partial charge in [-0.25, -0.2) is 9.78 Å². The summed E-state index contributed by atoms with van der Waals surface area (Å²) in [7, 11) is 0. The van der Waals surface area contributed by atoms with Gasteiger partial charge in [0.25, 0.3) is 0 Å². The predicted octanol–water partition coefficient (Wildman–Crippen LogP) is 4.46. The molecule has 24 heavy (non-hydrogen) atoms. The number of aromatic nitrogens is 2. The first-order valence-electron chi connectivity index (χ1n) is 8.40. The van der Waals surface area contributed by atoms with Gasteiger partial charge in [0.15, 0.2) is 0 Å². The van der Waals surface area contributed by atoms with Gasteiger partial charge in [-0.3, -0.25) is 0 Å². The van der Waals surface area contributed by atoms with Crippen LogP contribution in [0.2, 0.25) is 5.28 Å². The first-order valence-corrected chi connectivity index (χ1v) is 9.59. The second-order valence-electron chi connectivity index (χ2n) is 6.38. The highest BCUT2D eigenvalue weighted by molar-refractivity contribution is 7.20. The Kier molecular flexibility index (Phi) is 5.25. The molecule has 0 radical (unpaired) electrons. The molecule has 0 aromatic carbocycles. The van der Waals surface area contributed by atoms with E-state index in [2.05, 4.69) is 21.8 Å². The molecule has 5 nitrogen and oxygen atoms in total. The number of ether oxygens (including phenoxy) is 1. The van der Waals surface area contributed by atoms with E-state index in [0.29, 0.717) is 17.4 Å². The zero-order valence-electron chi connectivity index (χ0n) is 14.3. The highest BCUT2D eigenvalue weighted by atomic mass is 35.5. The van der Waals surface area contributed by atoms with Crippen LogP contribution in [0, 0.1) is 12.8 Å². The van der Waals surface area contributed by atoms with Gasteiger partial charge in [0, 0.05) is 13.1 Å². The monoisotopic (exact) mass is 367 g/mol. The average molecular weight is 368 g/mol. The lowest BCUT2D eigenvalue weighted by Gasteiger charge is -2.32. The van der Waals surface area contributed by atoms with Gasteiger partial charge in [-0.2, -0.15) is 4.98 Å². The highest BCUT2D eigenvalue weighted by Crippen LogP contribution is 2.37. The fourth-order valence-corrected chi connectivity index (χ4v) is 4.44. The lowest BCUT2D eigenvalue weighted by Crippen LogP contribution is -2.35. The van der Waals surface area contributed by atoms with E-state index in [4.69, 9.17) is 16.3 Å². The normalized spacial score (nSPS) is 18.2. The van der Waals surface area contributed by atoms with Crippen LogP contribution in [0.5, 0.6) is 0 Å². The summed E-state index contributed by atoms with van der Waals surface area (Å²) in [5.41, 5.74) is 0.890. The fourth-order valence-electron chi connectivity index (χ4n) is 3.16. The fraction of sp³-hybridized carbons (Fsp3) is 0.588. The summed E-state index contributed by atoms with van der Waals surface area (Å²) in [6.45, 7) is 8.50. The van der Waals surface area contributed by atoms with Gasteiger partial charge in [-0.05, 0) is 49.3 Å². The number of piperidine rings is 1. The number of carbonyl (C=O) groups is 1. The van der Waals surface area contributed by atoms with Crippen LogP contribution >= 0.6 is 22.9 Å². The van der Waals surface area contributed by atoms with Crippen molar-refractivity contribution in [3.8, 4) is 0 Å². The Morgan fingerprint density at radius 2 is 2.25 bits per heavy atom. The molecular weight excluding hydrogens is 346 g/mol. The second-order valence-corrected chi connectivity index (χ2v) is 7.72. The number of hydrogen-bond acceptors (Lipinski definition) is 6. The molecular formula is C17H22ClN3O2S. The van der Waals surface area contributed by atoms with Crippen LogP contribution in [0.3, 0.4) is 0 Å².